The van der Waals surface area contributed by atoms with E-state index in [2.05, 4.69) is 39.0 Å². The van der Waals surface area contributed by atoms with Crippen LogP contribution in [0.25, 0.3) is 0 Å². The van der Waals surface area contributed by atoms with Crippen LogP contribution in [-0.2, 0) is 0 Å². The van der Waals surface area contributed by atoms with E-state index in [9.17, 15) is 0 Å². The molecule has 0 aliphatic heterocycles. The summed E-state index contributed by atoms with van der Waals surface area (Å²) in [5, 5.41) is 0. The summed E-state index contributed by atoms with van der Waals surface area (Å²) in [4.78, 5) is 0. The number of rotatable bonds is 4. The Morgan fingerprint density at radius 2 is 1.36 bits per heavy atom. The molecule has 3 rings (SSSR count). The molecule has 120 valence electrons. The van der Waals surface area contributed by atoms with Crippen LogP contribution < -0.4 is 5.46 Å². The summed E-state index contributed by atoms with van der Waals surface area (Å²) in [5.41, 5.74) is 2.98. The fraction of sp³-hybridized carbons (Fsp3) is 0.714. The molecule has 0 unspecified atom stereocenters. The van der Waals surface area contributed by atoms with Crippen LogP contribution >= 0.6 is 0 Å². The van der Waals surface area contributed by atoms with Crippen LogP contribution in [-0.4, -0.2) is 7.85 Å². The van der Waals surface area contributed by atoms with E-state index in [1.807, 2.05) is 0 Å². The van der Waals surface area contributed by atoms with E-state index in [1.165, 1.54) is 69.7 Å². The standard InChI is InChI=1S/C21H33B/c1-2-3-16-4-6-17(7-5-16)18-8-10-19(11-9-18)20-12-14-21(22)15-13-20/h12-19H,2-11,22H2,1H3. The van der Waals surface area contributed by atoms with Gasteiger partial charge in [0.15, 0.2) is 0 Å². The third-order valence-electron chi connectivity index (χ3n) is 6.58. The van der Waals surface area contributed by atoms with Crippen LogP contribution in [0.3, 0.4) is 0 Å². The van der Waals surface area contributed by atoms with E-state index in [0.29, 0.717) is 0 Å². The van der Waals surface area contributed by atoms with Gasteiger partial charge in [-0.25, -0.2) is 0 Å². The fourth-order valence-corrected chi connectivity index (χ4v) is 5.12. The Kier molecular flexibility index (Phi) is 5.66. The first-order valence-corrected chi connectivity index (χ1v) is 9.82. The molecule has 0 atom stereocenters. The third kappa shape index (κ3) is 3.97. The number of hydrogen-bond donors (Lipinski definition) is 0. The first-order valence-electron chi connectivity index (χ1n) is 9.82. The highest BCUT2D eigenvalue weighted by Gasteiger charge is 2.30. The third-order valence-corrected chi connectivity index (χ3v) is 6.58. The second-order valence-corrected chi connectivity index (χ2v) is 8.09. The Labute approximate surface area is 138 Å². The highest BCUT2D eigenvalue weighted by atomic mass is 14.4. The summed E-state index contributed by atoms with van der Waals surface area (Å²) in [6.45, 7) is 2.35. The molecule has 0 saturated heterocycles. The molecule has 2 saturated carbocycles. The largest absolute Gasteiger partial charge is 0.139 e. The molecule has 2 aliphatic carbocycles. The highest BCUT2D eigenvalue weighted by Crippen LogP contribution is 2.44. The molecule has 0 spiro atoms. The van der Waals surface area contributed by atoms with Crippen molar-refractivity contribution >= 4 is 13.3 Å². The molecule has 0 heterocycles. The van der Waals surface area contributed by atoms with Crippen molar-refractivity contribution in [2.24, 2.45) is 17.8 Å². The monoisotopic (exact) mass is 296 g/mol. The van der Waals surface area contributed by atoms with Crippen molar-refractivity contribution in [1.29, 1.82) is 0 Å². The van der Waals surface area contributed by atoms with Crippen molar-refractivity contribution in [3.8, 4) is 0 Å². The van der Waals surface area contributed by atoms with Crippen LogP contribution in [0.2, 0.25) is 0 Å². The molecular weight excluding hydrogens is 263 g/mol. The van der Waals surface area contributed by atoms with Crippen molar-refractivity contribution in [1.82, 2.24) is 0 Å². The van der Waals surface area contributed by atoms with Gasteiger partial charge in [0.1, 0.15) is 7.85 Å². The Morgan fingerprint density at radius 1 is 0.818 bits per heavy atom. The minimum absolute atomic E-state index is 0.841. The maximum Gasteiger partial charge on any atom is 0.139 e. The average Bonchev–Trinajstić information content (AvgIpc) is 2.57. The molecule has 22 heavy (non-hydrogen) atoms. The van der Waals surface area contributed by atoms with Crippen LogP contribution in [0.1, 0.15) is 82.6 Å². The number of hydrogen-bond acceptors (Lipinski definition) is 0. The normalized spacial score (nSPS) is 32.8. The van der Waals surface area contributed by atoms with Crippen LogP contribution in [0, 0.1) is 17.8 Å². The van der Waals surface area contributed by atoms with E-state index in [4.69, 9.17) is 0 Å². The molecular formula is C21H33B. The van der Waals surface area contributed by atoms with Crippen LogP contribution in [0.15, 0.2) is 24.3 Å². The van der Waals surface area contributed by atoms with Gasteiger partial charge in [0.05, 0.1) is 0 Å². The van der Waals surface area contributed by atoms with Crippen LogP contribution in [0.5, 0.6) is 0 Å². The van der Waals surface area contributed by atoms with Gasteiger partial charge in [0, 0.05) is 0 Å². The van der Waals surface area contributed by atoms with Gasteiger partial charge in [-0.1, -0.05) is 62.3 Å². The predicted octanol–water partition coefficient (Wildman–Crippen LogP) is 4.83. The predicted molar refractivity (Wildman–Crippen MR) is 99.7 cm³/mol. The first kappa shape index (κ1) is 16.2. The van der Waals surface area contributed by atoms with Gasteiger partial charge in [-0.15, -0.1) is 0 Å². The minimum atomic E-state index is 0.841. The first-order chi connectivity index (χ1) is 10.8. The van der Waals surface area contributed by atoms with Crippen molar-refractivity contribution in [2.75, 3.05) is 0 Å². The van der Waals surface area contributed by atoms with Crippen molar-refractivity contribution in [3.63, 3.8) is 0 Å². The van der Waals surface area contributed by atoms with Gasteiger partial charge in [-0.05, 0) is 67.8 Å². The van der Waals surface area contributed by atoms with E-state index in [0.717, 1.165) is 23.7 Å². The SMILES string of the molecule is Bc1ccc(C2CCC(C3CCC(CCC)CC3)CC2)cc1. The second kappa shape index (κ2) is 7.71. The zero-order valence-corrected chi connectivity index (χ0v) is 14.7. The Bertz CT molecular complexity index is 433. The zero-order valence-electron chi connectivity index (χ0n) is 14.7. The lowest BCUT2D eigenvalue weighted by Gasteiger charge is -2.38. The molecule has 0 nitrogen and oxygen atoms in total. The van der Waals surface area contributed by atoms with Crippen molar-refractivity contribution in [3.05, 3.63) is 29.8 Å². The van der Waals surface area contributed by atoms with Crippen molar-refractivity contribution in [2.45, 2.75) is 77.0 Å². The van der Waals surface area contributed by atoms with E-state index in [-0.39, 0.29) is 0 Å². The van der Waals surface area contributed by atoms with Gasteiger partial charge in [-0.3, -0.25) is 0 Å². The molecule has 0 bridgehead atoms. The summed E-state index contributed by atoms with van der Waals surface area (Å²) in [7, 11) is 2.19. The van der Waals surface area contributed by atoms with Crippen LogP contribution in [0.4, 0.5) is 0 Å². The lowest BCUT2D eigenvalue weighted by atomic mass is 9.68. The summed E-state index contributed by atoms with van der Waals surface area (Å²) in [6, 6.07) is 9.32. The topological polar surface area (TPSA) is 0 Å². The van der Waals surface area contributed by atoms with Gasteiger partial charge in [0.25, 0.3) is 0 Å². The van der Waals surface area contributed by atoms with Gasteiger partial charge < -0.3 is 0 Å². The van der Waals surface area contributed by atoms with E-state index < -0.39 is 0 Å². The Morgan fingerprint density at radius 3 is 1.91 bits per heavy atom. The highest BCUT2D eigenvalue weighted by molar-refractivity contribution is 6.32. The molecule has 0 amide bonds. The summed E-state index contributed by atoms with van der Waals surface area (Å²) >= 11 is 0. The molecule has 2 fully saturated rings. The minimum Gasteiger partial charge on any atom is -0.0889 e. The smallest absolute Gasteiger partial charge is 0.0889 e. The maximum absolute atomic E-state index is 2.37. The zero-order chi connectivity index (χ0) is 15.4. The molecule has 1 heteroatoms. The molecule has 1 aromatic carbocycles. The second-order valence-electron chi connectivity index (χ2n) is 8.09. The van der Waals surface area contributed by atoms with E-state index in [1.54, 1.807) is 5.56 Å². The lowest BCUT2D eigenvalue weighted by Crippen LogP contribution is -2.25. The summed E-state index contributed by atoms with van der Waals surface area (Å²) < 4.78 is 0. The van der Waals surface area contributed by atoms with Gasteiger partial charge in [-0.2, -0.15) is 0 Å². The molecule has 0 N–H and O–H groups in total. The molecule has 0 radical (unpaired) electrons. The molecule has 0 aromatic heterocycles. The Hall–Kier alpha value is -0.715. The van der Waals surface area contributed by atoms with Gasteiger partial charge >= 0.3 is 0 Å². The van der Waals surface area contributed by atoms with Crippen molar-refractivity contribution < 1.29 is 0 Å². The number of benzene rings is 1. The Balaban J connectivity index is 1.47. The molecule has 2 aliphatic rings. The average molecular weight is 296 g/mol. The lowest BCUT2D eigenvalue weighted by molar-refractivity contribution is 0.156. The van der Waals surface area contributed by atoms with Gasteiger partial charge in [0.2, 0.25) is 0 Å². The maximum atomic E-state index is 2.37. The summed E-state index contributed by atoms with van der Waals surface area (Å²) in [6.07, 6.45) is 14.8. The molecule has 1 aromatic rings. The summed E-state index contributed by atoms with van der Waals surface area (Å²) in [5.74, 6) is 4.01. The quantitative estimate of drug-likeness (QED) is 0.698. The fourth-order valence-electron chi connectivity index (χ4n) is 5.12. The van der Waals surface area contributed by atoms with E-state index >= 15 is 0 Å².